The lowest BCUT2D eigenvalue weighted by atomic mass is 9.98. The Labute approximate surface area is 131 Å². The molecule has 1 atom stereocenters. The van der Waals surface area contributed by atoms with Crippen LogP contribution in [0.25, 0.3) is 0 Å². The van der Waals surface area contributed by atoms with Gasteiger partial charge in [-0.1, -0.05) is 30.7 Å². The molecule has 0 aliphatic carbocycles. The van der Waals surface area contributed by atoms with Crippen molar-refractivity contribution in [2.24, 2.45) is 0 Å². The summed E-state index contributed by atoms with van der Waals surface area (Å²) < 4.78 is 0. The maximum atomic E-state index is 6.30. The van der Waals surface area contributed by atoms with Crippen molar-refractivity contribution in [3.8, 4) is 0 Å². The summed E-state index contributed by atoms with van der Waals surface area (Å²) in [6.45, 7) is 9.60. The van der Waals surface area contributed by atoms with Crippen molar-refractivity contribution in [1.29, 1.82) is 0 Å². The highest BCUT2D eigenvalue weighted by Crippen LogP contribution is 2.32. The Morgan fingerprint density at radius 2 is 1.95 bits per heavy atom. The van der Waals surface area contributed by atoms with Gasteiger partial charge in [-0.25, -0.2) is 0 Å². The van der Waals surface area contributed by atoms with Crippen LogP contribution in [0, 0.1) is 20.8 Å². The summed E-state index contributed by atoms with van der Waals surface area (Å²) in [4.78, 5) is 2.74. The van der Waals surface area contributed by atoms with E-state index in [1.807, 2.05) is 18.3 Å². The zero-order chi connectivity index (χ0) is 14.7. The number of benzene rings is 1. The average molecular weight is 308 g/mol. The van der Waals surface area contributed by atoms with Crippen LogP contribution >= 0.6 is 22.9 Å². The molecular formula is C17H22ClNS. The third-order valence-electron chi connectivity index (χ3n) is 3.52. The van der Waals surface area contributed by atoms with E-state index in [2.05, 4.69) is 50.4 Å². The Balaban J connectivity index is 2.41. The maximum Gasteiger partial charge on any atom is 0.0588 e. The molecule has 0 aliphatic rings. The number of aryl methyl sites for hydroxylation is 3. The molecule has 1 nitrogen and oxygen atoms in total. The molecule has 2 rings (SSSR count). The third kappa shape index (κ3) is 3.43. The maximum absolute atomic E-state index is 6.30. The molecule has 0 spiro atoms. The van der Waals surface area contributed by atoms with E-state index in [9.17, 15) is 0 Å². The molecule has 1 unspecified atom stereocenters. The van der Waals surface area contributed by atoms with Crippen LogP contribution in [-0.2, 0) is 0 Å². The molecule has 0 aliphatic heterocycles. The van der Waals surface area contributed by atoms with Crippen LogP contribution in [0.15, 0.2) is 24.3 Å². The fraction of sp³-hybridized carbons (Fsp3) is 0.412. The van der Waals surface area contributed by atoms with Gasteiger partial charge in [0.25, 0.3) is 0 Å². The molecule has 0 fully saturated rings. The van der Waals surface area contributed by atoms with Gasteiger partial charge in [0, 0.05) is 14.8 Å². The Hall–Kier alpha value is -0.830. The third-order valence-corrected chi connectivity index (χ3v) is 4.91. The van der Waals surface area contributed by atoms with Gasteiger partial charge in [-0.2, -0.15) is 0 Å². The van der Waals surface area contributed by atoms with E-state index in [1.165, 1.54) is 20.9 Å². The van der Waals surface area contributed by atoms with Crippen LogP contribution < -0.4 is 5.32 Å². The number of nitrogens with one attached hydrogen (secondary N) is 1. The van der Waals surface area contributed by atoms with Gasteiger partial charge in [0.1, 0.15) is 0 Å². The lowest BCUT2D eigenvalue weighted by Crippen LogP contribution is -2.23. The van der Waals surface area contributed by atoms with Gasteiger partial charge in [0.15, 0.2) is 0 Å². The molecule has 1 heterocycles. The van der Waals surface area contributed by atoms with Gasteiger partial charge in [-0.05, 0) is 62.6 Å². The topological polar surface area (TPSA) is 12.0 Å². The normalized spacial score (nSPS) is 12.7. The monoisotopic (exact) mass is 307 g/mol. The van der Waals surface area contributed by atoms with Crippen LogP contribution in [-0.4, -0.2) is 6.54 Å². The molecule has 0 bridgehead atoms. The summed E-state index contributed by atoms with van der Waals surface area (Å²) in [5, 5.41) is 4.49. The SMILES string of the molecule is CCCNC(c1ccc(C)c(Cl)c1)c1cc(C)sc1C. The quantitative estimate of drug-likeness (QED) is 0.778. The second-order valence-corrected chi connectivity index (χ2v) is 7.13. The zero-order valence-electron chi connectivity index (χ0n) is 12.6. The molecule has 20 heavy (non-hydrogen) atoms. The Bertz CT molecular complexity index is 589. The van der Waals surface area contributed by atoms with Crippen molar-refractivity contribution >= 4 is 22.9 Å². The molecule has 0 radical (unpaired) electrons. The lowest BCUT2D eigenvalue weighted by Gasteiger charge is -2.20. The average Bonchev–Trinajstić information content (AvgIpc) is 2.73. The smallest absolute Gasteiger partial charge is 0.0588 e. The number of hydrogen-bond acceptors (Lipinski definition) is 2. The summed E-state index contributed by atoms with van der Waals surface area (Å²) in [7, 11) is 0. The molecule has 108 valence electrons. The highest BCUT2D eigenvalue weighted by atomic mass is 35.5. The van der Waals surface area contributed by atoms with Gasteiger partial charge < -0.3 is 5.32 Å². The molecule has 0 saturated heterocycles. The number of halogens is 1. The van der Waals surface area contributed by atoms with Gasteiger partial charge in [0.2, 0.25) is 0 Å². The van der Waals surface area contributed by atoms with E-state index < -0.39 is 0 Å². The van der Waals surface area contributed by atoms with Gasteiger partial charge >= 0.3 is 0 Å². The summed E-state index contributed by atoms with van der Waals surface area (Å²) in [5.74, 6) is 0. The summed E-state index contributed by atoms with van der Waals surface area (Å²) >= 11 is 8.16. The summed E-state index contributed by atoms with van der Waals surface area (Å²) in [6, 6.07) is 8.91. The van der Waals surface area contributed by atoms with Crippen LogP contribution in [0.4, 0.5) is 0 Å². The van der Waals surface area contributed by atoms with Crippen LogP contribution in [0.3, 0.4) is 0 Å². The van der Waals surface area contributed by atoms with Crippen molar-refractivity contribution in [3.05, 3.63) is 55.7 Å². The first kappa shape index (κ1) is 15.6. The molecule has 1 aromatic heterocycles. The second-order valence-electron chi connectivity index (χ2n) is 5.26. The molecule has 0 saturated carbocycles. The van der Waals surface area contributed by atoms with E-state index in [1.54, 1.807) is 0 Å². The van der Waals surface area contributed by atoms with Crippen molar-refractivity contribution in [2.75, 3.05) is 6.54 Å². The van der Waals surface area contributed by atoms with Crippen molar-refractivity contribution in [2.45, 2.75) is 40.2 Å². The predicted molar refractivity (Wildman–Crippen MR) is 90.1 cm³/mol. The number of hydrogen-bond donors (Lipinski definition) is 1. The molecular weight excluding hydrogens is 286 g/mol. The standard InChI is InChI=1S/C17H22ClNS/c1-5-8-19-17(15-9-12(3)20-13(15)4)14-7-6-11(2)16(18)10-14/h6-7,9-10,17,19H,5,8H2,1-4H3. The van der Waals surface area contributed by atoms with E-state index in [0.29, 0.717) is 0 Å². The number of rotatable bonds is 5. The van der Waals surface area contributed by atoms with Crippen molar-refractivity contribution in [3.63, 3.8) is 0 Å². The van der Waals surface area contributed by atoms with Gasteiger partial charge in [-0.3, -0.25) is 0 Å². The fourth-order valence-electron chi connectivity index (χ4n) is 2.42. The Kier molecular flexibility index (Phi) is 5.25. The molecule has 1 N–H and O–H groups in total. The fourth-order valence-corrected chi connectivity index (χ4v) is 3.57. The number of thiophene rings is 1. The first-order valence-electron chi connectivity index (χ1n) is 7.09. The molecule has 0 amide bonds. The second kappa shape index (κ2) is 6.75. The van der Waals surface area contributed by atoms with Crippen LogP contribution in [0.1, 0.15) is 45.8 Å². The largest absolute Gasteiger partial charge is 0.306 e. The molecule has 1 aromatic carbocycles. The summed E-state index contributed by atoms with van der Waals surface area (Å²) in [5.41, 5.74) is 3.75. The van der Waals surface area contributed by atoms with Crippen LogP contribution in [0.5, 0.6) is 0 Å². The molecule has 2 aromatic rings. The van der Waals surface area contributed by atoms with Gasteiger partial charge in [0.05, 0.1) is 6.04 Å². The zero-order valence-corrected chi connectivity index (χ0v) is 14.2. The minimum atomic E-state index is 0.234. The summed E-state index contributed by atoms with van der Waals surface area (Å²) in [6.07, 6.45) is 1.12. The van der Waals surface area contributed by atoms with E-state index in [4.69, 9.17) is 11.6 Å². The minimum Gasteiger partial charge on any atom is -0.306 e. The van der Waals surface area contributed by atoms with Gasteiger partial charge in [-0.15, -0.1) is 11.3 Å². The van der Waals surface area contributed by atoms with Crippen LogP contribution in [0.2, 0.25) is 5.02 Å². The Morgan fingerprint density at radius 1 is 1.20 bits per heavy atom. The predicted octanol–water partition coefficient (Wildman–Crippen LogP) is 5.42. The van der Waals surface area contributed by atoms with E-state index in [0.717, 1.165) is 23.6 Å². The van der Waals surface area contributed by atoms with E-state index in [-0.39, 0.29) is 6.04 Å². The first-order chi connectivity index (χ1) is 9.52. The van der Waals surface area contributed by atoms with E-state index >= 15 is 0 Å². The minimum absolute atomic E-state index is 0.234. The Morgan fingerprint density at radius 3 is 2.50 bits per heavy atom. The highest BCUT2D eigenvalue weighted by Gasteiger charge is 2.18. The lowest BCUT2D eigenvalue weighted by molar-refractivity contribution is 0.598. The van der Waals surface area contributed by atoms with Crippen molar-refractivity contribution < 1.29 is 0 Å². The first-order valence-corrected chi connectivity index (χ1v) is 8.28. The molecule has 3 heteroatoms. The van der Waals surface area contributed by atoms with Crippen molar-refractivity contribution in [1.82, 2.24) is 5.32 Å². The highest BCUT2D eigenvalue weighted by molar-refractivity contribution is 7.12.